The molecular formula is C87H170O17P2. The average molecular weight is 1550 g/mol. The number of esters is 4. The molecule has 0 aromatic carbocycles. The summed E-state index contributed by atoms with van der Waals surface area (Å²) in [6.45, 7) is 14.3. The molecule has 0 heterocycles. The standard InChI is InChI=1S/C87H170O17P2/c1-9-80(8)66-58-50-42-34-27-23-19-15-11-13-17-21-25-29-37-45-54-62-70-87(92)104-83(74-98-85(90)68-60-52-46-38-41-49-57-65-79(6)7)76-102-106(95,96)100-72-81(88)71-99-105(93,94)101-75-82(73-97-84(89)67-59-51-43-35-31-30-33-40-48-56-64-78(4)5)103-86(91)69-61-53-44-36-28-24-20-16-12-10-14-18-22-26-32-39-47-55-63-77(2)3/h77-83,88H,9-76H2,1-8H3,(H,93,94)(H,95,96)/t80?,81?,82-,83-/m1/s1. The highest BCUT2D eigenvalue weighted by molar-refractivity contribution is 7.47. The summed E-state index contributed by atoms with van der Waals surface area (Å²) in [6.07, 6.45) is 65.4. The fraction of sp³-hybridized carbons (Fsp3) is 0.954. The summed E-state index contributed by atoms with van der Waals surface area (Å²) in [7, 11) is -9.93. The van der Waals surface area contributed by atoms with Crippen LogP contribution in [-0.2, 0) is 65.4 Å². The highest BCUT2D eigenvalue weighted by atomic mass is 31.2. The van der Waals surface area contributed by atoms with Crippen LogP contribution in [0.5, 0.6) is 0 Å². The molecule has 3 N–H and O–H groups in total. The molecule has 0 aliphatic carbocycles. The number of carbonyl (C=O) groups is 4. The summed E-state index contributed by atoms with van der Waals surface area (Å²) < 4.78 is 68.9. The molecule has 0 saturated carbocycles. The number of aliphatic hydroxyl groups excluding tert-OH is 1. The first kappa shape index (κ1) is 104. The Morgan fingerprint density at radius 2 is 0.453 bits per heavy atom. The van der Waals surface area contributed by atoms with Gasteiger partial charge in [0.1, 0.15) is 19.3 Å². The molecule has 0 saturated heterocycles. The monoisotopic (exact) mass is 1550 g/mol. The van der Waals surface area contributed by atoms with Crippen LogP contribution >= 0.6 is 15.6 Å². The highest BCUT2D eigenvalue weighted by Gasteiger charge is 2.31. The SMILES string of the molecule is CCC(C)CCCCCCCCCCCCCCCCCCCCC(=O)O[C@H](COC(=O)CCCCCCCCCC(C)C)COP(=O)(O)OCC(O)COP(=O)(O)OC[C@@H](COC(=O)CCCCCCCCCCCCC(C)C)OC(=O)CCCCCCCCCCCCCCCCCCCCC(C)C. The van der Waals surface area contributed by atoms with E-state index in [0.717, 1.165) is 114 Å². The highest BCUT2D eigenvalue weighted by Crippen LogP contribution is 2.45. The van der Waals surface area contributed by atoms with Crippen molar-refractivity contribution in [2.75, 3.05) is 39.6 Å². The maximum atomic E-state index is 13.1. The van der Waals surface area contributed by atoms with Gasteiger partial charge in [0.05, 0.1) is 26.4 Å². The zero-order valence-electron chi connectivity index (χ0n) is 70.1. The van der Waals surface area contributed by atoms with Gasteiger partial charge < -0.3 is 33.8 Å². The van der Waals surface area contributed by atoms with E-state index in [1.165, 1.54) is 250 Å². The maximum Gasteiger partial charge on any atom is 0.472 e. The van der Waals surface area contributed by atoms with Crippen molar-refractivity contribution in [1.82, 2.24) is 0 Å². The van der Waals surface area contributed by atoms with Gasteiger partial charge in [0.2, 0.25) is 0 Å². The molecule has 0 spiro atoms. The van der Waals surface area contributed by atoms with E-state index in [4.69, 9.17) is 37.0 Å². The Hall–Kier alpha value is -1.94. The third-order valence-corrected chi connectivity index (χ3v) is 22.6. The van der Waals surface area contributed by atoms with Crippen LogP contribution in [0.3, 0.4) is 0 Å². The topological polar surface area (TPSA) is 237 Å². The van der Waals surface area contributed by atoms with Gasteiger partial charge in [-0.2, -0.15) is 0 Å². The molecule has 0 aliphatic rings. The Kier molecular flexibility index (Phi) is 74.3. The zero-order chi connectivity index (χ0) is 78.1. The van der Waals surface area contributed by atoms with Gasteiger partial charge in [-0.15, -0.1) is 0 Å². The first-order valence-corrected chi connectivity index (χ1v) is 47.7. The lowest BCUT2D eigenvalue weighted by molar-refractivity contribution is -0.161. The summed E-state index contributed by atoms with van der Waals surface area (Å²) in [5.74, 6) is 1.05. The van der Waals surface area contributed by atoms with Gasteiger partial charge >= 0.3 is 39.5 Å². The van der Waals surface area contributed by atoms with Crippen molar-refractivity contribution in [3.63, 3.8) is 0 Å². The van der Waals surface area contributed by atoms with Crippen LogP contribution in [0.15, 0.2) is 0 Å². The Balaban J connectivity index is 5.18. The average Bonchev–Trinajstić information content (AvgIpc) is 0.900. The quantitative estimate of drug-likeness (QED) is 0.0222. The first-order chi connectivity index (χ1) is 51.1. The van der Waals surface area contributed by atoms with Gasteiger partial charge in [0.25, 0.3) is 0 Å². The lowest BCUT2D eigenvalue weighted by atomic mass is 9.99. The minimum Gasteiger partial charge on any atom is -0.462 e. The maximum absolute atomic E-state index is 13.1. The van der Waals surface area contributed by atoms with Crippen molar-refractivity contribution < 1.29 is 80.2 Å². The molecular weight excluding hydrogens is 1380 g/mol. The lowest BCUT2D eigenvalue weighted by Crippen LogP contribution is -2.30. The predicted octanol–water partition coefficient (Wildman–Crippen LogP) is 26.3. The third kappa shape index (κ3) is 78.7. The molecule has 0 fully saturated rings. The molecule has 0 amide bonds. The van der Waals surface area contributed by atoms with Crippen LogP contribution in [0, 0.1) is 23.7 Å². The molecule has 106 heavy (non-hydrogen) atoms. The number of hydrogen-bond donors (Lipinski definition) is 3. The number of aliphatic hydroxyl groups is 1. The van der Waals surface area contributed by atoms with Gasteiger partial charge in [-0.1, -0.05) is 402 Å². The van der Waals surface area contributed by atoms with E-state index in [-0.39, 0.29) is 25.7 Å². The van der Waals surface area contributed by atoms with E-state index in [2.05, 4.69) is 55.4 Å². The van der Waals surface area contributed by atoms with Crippen molar-refractivity contribution >= 4 is 39.5 Å². The fourth-order valence-electron chi connectivity index (χ4n) is 13.5. The summed E-state index contributed by atoms with van der Waals surface area (Å²) in [4.78, 5) is 73.2. The molecule has 4 unspecified atom stereocenters. The van der Waals surface area contributed by atoms with Crippen molar-refractivity contribution in [2.24, 2.45) is 23.7 Å². The van der Waals surface area contributed by atoms with Crippen LogP contribution in [0.25, 0.3) is 0 Å². The number of hydrogen-bond acceptors (Lipinski definition) is 15. The van der Waals surface area contributed by atoms with Crippen LogP contribution in [-0.4, -0.2) is 96.7 Å². The zero-order valence-corrected chi connectivity index (χ0v) is 71.9. The number of phosphoric ester groups is 2. The minimum absolute atomic E-state index is 0.107. The van der Waals surface area contributed by atoms with E-state index in [1.54, 1.807) is 0 Å². The van der Waals surface area contributed by atoms with Gasteiger partial charge in [-0.25, -0.2) is 9.13 Å². The Morgan fingerprint density at radius 3 is 0.670 bits per heavy atom. The Morgan fingerprint density at radius 1 is 0.264 bits per heavy atom. The molecule has 6 atom stereocenters. The van der Waals surface area contributed by atoms with Crippen LogP contribution < -0.4 is 0 Å². The Bertz CT molecular complexity index is 2060. The summed E-state index contributed by atoms with van der Waals surface area (Å²) in [6, 6.07) is 0. The fourth-order valence-corrected chi connectivity index (χ4v) is 15.0. The van der Waals surface area contributed by atoms with E-state index in [1.807, 2.05) is 0 Å². The second-order valence-electron chi connectivity index (χ2n) is 33.0. The number of ether oxygens (including phenoxy) is 4. The number of phosphoric acid groups is 2. The van der Waals surface area contributed by atoms with E-state index in [0.29, 0.717) is 31.6 Å². The van der Waals surface area contributed by atoms with Crippen molar-refractivity contribution in [1.29, 1.82) is 0 Å². The largest absolute Gasteiger partial charge is 0.472 e. The van der Waals surface area contributed by atoms with Crippen molar-refractivity contribution in [3.05, 3.63) is 0 Å². The molecule has 0 bridgehead atoms. The summed E-state index contributed by atoms with van der Waals surface area (Å²) in [5.41, 5.74) is 0. The smallest absolute Gasteiger partial charge is 0.462 e. The van der Waals surface area contributed by atoms with Gasteiger partial charge in [0.15, 0.2) is 12.2 Å². The second-order valence-corrected chi connectivity index (χ2v) is 35.9. The second kappa shape index (κ2) is 75.7. The van der Waals surface area contributed by atoms with E-state index in [9.17, 15) is 43.2 Å². The molecule has 0 aromatic heterocycles. The van der Waals surface area contributed by atoms with Crippen molar-refractivity contribution in [3.8, 4) is 0 Å². The van der Waals surface area contributed by atoms with E-state index < -0.39 is 97.5 Å². The Labute approximate surface area is 651 Å². The van der Waals surface area contributed by atoms with Crippen LogP contribution in [0.4, 0.5) is 0 Å². The molecule has 0 radical (unpaired) electrons. The van der Waals surface area contributed by atoms with Gasteiger partial charge in [-0.3, -0.25) is 37.3 Å². The summed E-state index contributed by atoms with van der Waals surface area (Å²) in [5, 5.41) is 10.7. The van der Waals surface area contributed by atoms with Crippen LogP contribution in [0.2, 0.25) is 0 Å². The normalized spacial score (nSPS) is 14.2. The number of rotatable bonds is 84. The molecule has 0 aliphatic heterocycles. The predicted molar refractivity (Wildman–Crippen MR) is 437 cm³/mol. The molecule has 19 heteroatoms. The number of carbonyl (C=O) groups excluding carboxylic acids is 4. The third-order valence-electron chi connectivity index (χ3n) is 20.7. The van der Waals surface area contributed by atoms with Crippen LogP contribution in [0.1, 0.15) is 453 Å². The van der Waals surface area contributed by atoms with Crippen molar-refractivity contribution in [2.45, 2.75) is 472 Å². The summed E-state index contributed by atoms with van der Waals surface area (Å²) >= 11 is 0. The molecule has 630 valence electrons. The van der Waals surface area contributed by atoms with E-state index >= 15 is 0 Å². The minimum atomic E-state index is -4.97. The number of unbranched alkanes of at least 4 members (excludes halogenated alkanes) is 49. The van der Waals surface area contributed by atoms with Gasteiger partial charge in [-0.05, 0) is 49.4 Å². The lowest BCUT2D eigenvalue weighted by Gasteiger charge is -2.21. The first-order valence-electron chi connectivity index (χ1n) is 44.7. The molecule has 0 rings (SSSR count). The van der Waals surface area contributed by atoms with Gasteiger partial charge in [0, 0.05) is 25.7 Å². The molecule has 0 aromatic rings. The molecule has 17 nitrogen and oxygen atoms in total.